The molecule has 0 saturated carbocycles. The van der Waals surface area contributed by atoms with Crippen molar-refractivity contribution in [3.63, 3.8) is 0 Å². The summed E-state index contributed by atoms with van der Waals surface area (Å²) in [6, 6.07) is 16.0. The molecule has 8 nitrogen and oxygen atoms in total. The SMILES string of the molecule is COc1ccc2ncccc2c1Cc1c(OC)ccc2ncccc12.O=S(=O)(O)O. The molecule has 0 amide bonds. The van der Waals surface area contributed by atoms with Gasteiger partial charge in [0, 0.05) is 40.7 Å². The number of nitrogens with zero attached hydrogens (tertiary/aromatic N) is 2. The molecule has 30 heavy (non-hydrogen) atoms. The summed E-state index contributed by atoms with van der Waals surface area (Å²) in [6.45, 7) is 0. The van der Waals surface area contributed by atoms with E-state index in [9.17, 15) is 0 Å². The fourth-order valence-electron chi connectivity index (χ4n) is 3.31. The number of pyridine rings is 2. The molecule has 0 aliphatic carbocycles. The number of aromatic nitrogens is 2. The van der Waals surface area contributed by atoms with Crippen LogP contribution >= 0.6 is 0 Å². The minimum atomic E-state index is -4.67. The smallest absolute Gasteiger partial charge is 0.394 e. The van der Waals surface area contributed by atoms with E-state index in [2.05, 4.69) is 22.1 Å². The lowest BCUT2D eigenvalue weighted by atomic mass is 9.96. The van der Waals surface area contributed by atoms with Gasteiger partial charge >= 0.3 is 10.4 Å². The van der Waals surface area contributed by atoms with Crippen molar-refractivity contribution in [3.8, 4) is 11.5 Å². The Morgan fingerprint density at radius 3 is 1.53 bits per heavy atom. The van der Waals surface area contributed by atoms with Crippen molar-refractivity contribution in [1.82, 2.24) is 9.97 Å². The highest BCUT2D eigenvalue weighted by molar-refractivity contribution is 7.79. The van der Waals surface area contributed by atoms with Crippen LogP contribution in [0, 0.1) is 0 Å². The molecule has 0 atom stereocenters. The number of ether oxygens (including phenoxy) is 2. The molecule has 2 heterocycles. The van der Waals surface area contributed by atoms with Crippen molar-refractivity contribution in [1.29, 1.82) is 0 Å². The van der Waals surface area contributed by atoms with Crippen LogP contribution in [0.1, 0.15) is 11.1 Å². The third kappa shape index (κ3) is 5.01. The van der Waals surface area contributed by atoms with Crippen molar-refractivity contribution in [2.75, 3.05) is 14.2 Å². The van der Waals surface area contributed by atoms with E-state index in [0.29, 0.717) is 6.42 Å². The van der Waals surface area contributed by atoms with Gasteiger partial charge in [-0.2, -0.15) is 8.42 Å². The summed E-state index contributed by atoms with van der Waals surface area (Å²) in [5.41, 5.74) is 4.11. The number of rotatable bonds is 4. The van der Waals surface area contributed by atoms with Crippen molar-refractivity contribution in [3.05, 3.63) is 72.1 Å². The lowest BCUT2D eigenvalue weighted by molar-refractivity contribution is 0.381. The van der Waals surface area contributed by atoms with E-state index >= 15 is 0 Å². The Morgan fingerprint density at radius 1 is 0.767 bits per heavy atom. The van der Waals surface area contributed by atoms with Crippen LogP contribution in [-0.2, 0) is 16.8 Å². The second-order valence-electron chi connectivity index (χ2n) is 6.26. The monoisotopic (exact) mass is 428 g/mol. The zero-order chi connectivity index (χ0) is 21.7. The molecular weight excluding hydrogens is 408 g/mol. The highest BCUT2D eigenvalue weighted by Crippen LogP contribution is 2.34. The molecule has 0 saturated heterocycles. The molecule has 4 aromatic rings. The molecule has 0 spiro atoms. The van der Waals surface area contributed by atoms with Gasteiger partial charge in [0.15, 0.2) is 0 Å². The Bertz CT molecular complexity index is 1200. The summed E-state index contributed by atoms with van der Waals surface area (Å²) in [4.78, 5) is 8.93. The third-order valence-corrected chi connectivity index (χ3v) is 4.50. The topological polar surface area (TPSA) is 119 Å². The largest absolute Gasteiger partial charge is 0.496 e. The maximum absolute atomic E-state index is 8.74. The van der Waals surface area contributed by atoms with Crippen LogP contribution in [0.2, 0.25) is 0 Å². The summed E-state index contributed by atoms with van der Waals surface area (Å²) in [5, 5.41) is 2.18. The van der Waals surface area contributed by atoms with Crippen LogP contribution in [0.4, 0.5) is 0 Å². The summed E-state index contributed by atoms with van der Waals surface area (Å²) in [5.74, 6) is 1.70. The summed E-state index contributed by atoms with van der Waals surface area (Å²) >= 11 is 0. The van der Waals surface area contributed by atoms with Crippen LogP contribution in [0.3, 0.4) is 0 Å². The van der Waals surface area contributed by atoms with Gasteiger partial charge in [-0.25, -0.2) is 0 Å². The maximum Gasteiger partial charge on any atom is 0.394 e. The molecule has 9 heteroatoms. The van der Waals surface area contributed by atoms with Gasteiger partial charge in [-0.05, 0) is 36.4 Å². The molecule has 0 aliphatic heterocycles. The van der Waals surface area contributed by atoms with Crippen molar-refractivity contribution in [2.24, 2.45) is 0 Å². The normalized spacial score (nSPS) is 11.1. The van der Waals surface area contributed by atoms with Gasteiger partial charge in [-0.3, -0.25) is 19.1 Å². The molecule has 4 rings (SSSR count). The molecule has 0 fully saturated rings. The predicted molar refractivity (Wildman–Crippen MR) is 114 cm³/mol. The van der Waals surface area contributed by atoms with E-state index in [0.717, 1.165) is 44.4 Å². The van der Waals surface area contributed by atoms with Crippen LogP contribution in [0.5, 0.6) is 11.5 Å². The Morgan fingerprint density at radius 2 is 1.17 bits per heavy atom. The Balaban J connectivity index is 0.000000461. The van der Waals surface area contributed by atoms with Crippen LogP contribution in [0.15, 0.2) is 60.9 Å². The van der Waals surface area contributed by atoms with Crippen LogP contribution < -0.4 is 9.47 Å². The number of methoxy groups -OCH3 is 2. The van der Waals surface area contributed by atoms with Gasteiger partial charge in [0.05, 0.1) is 25.3 Å². The first kappa shape index (κ1) is 21.4. The summed E-state index contributed by atoms with van der Waals surface area (Å²) < 4.78 is 42.8. The molecule has 2 N–H and O–H groups in total. The summed E-state index contributed by atoms with van der Waals surface area (Å²) in [7, 11) is -1.27. The molecule has 0 bridgehead atoms. The van der Waals surface area contributed by atoms with E-state index in [4.69, 9.17) is 27.0 Å². The molecule has 156 valence electrons. The average molecular weight is 428 g/mol. The Kier molecular flexibility index (Phi) is 6.46. The molecular formula is C21H20N2O6S. The Labute approximate surface area is 173 Å². The first-order chi connectivity index (χ1) is 14.3. The van der Waals surface area contributed by atoms with Crippen LogP contribution in [0.25, 0.3) is 21.8 Å². The van der Waals surface area contributed by atoms with Gasteiger partial charge in [0.1, 0.15) is 11.5 Å². The zero-order valence-corrected chi connectivity index (χ0v) is 17.1. The van der Waals surface area contributed by atoms with E-state index in [-0.39, 0.29) is 0 Å². The van der Waals surface area contributed by atoms with Gasteiger partial charge < -0.3 is 9.47 Å². The van der Waals surface area contributed by atoms with Gasteiger partial charge in [0.25, 0.3) is 0 Å². The highest BCUT2D eigenvalue weighted by Gasteiger charge is 2.15. The first-order valence-electron chi connectivity index (χ1n) is 8.83. The maximum atomic E-state index is 8.74. The van der Waals surface area contributed by atoms with Gasteiger partial charge in [0.2, 0.25) is 0 Å². The quantitative estimate of drug-likeness (QED) is 0.472. The predicted octanol–water partition coefficient (Wildman–Crippen LogP) is 3.74. The van der Waals surface area contributed by atoms with Crippen molar-refractivity contribution >= 4 is 32.2 Å². The van der Waals surface area contributed by atoms with Gasteiger partial charge in [-0.15, -0.1) is 0 Å². The summed E-state index contributed by atoms with van der Waals surface area (Å²) in [6.07, 6.45) is 4.29. The van der Waals surface area contributed by atoms with E-state index in [1.54, 1.807) is 26.6 Å². The number of fused-ring (bicyclic) bond motifs is 2. The highest BCUT2D eigenvalue weighted by atomic mass is 32.3. The second kappa shape index (κ2) is 9.04. The molecule has 2 aromatic carbocycles. The lowest BCUT2D eigenvalue weighted by Crippen LogP contribution is -2.00. The number of benzene rings is 2. The molecule has 0 unspecified atom stereocenters. The van der Waals surface area contributed by atoms with Crippen molar-refractivity contribution in [2.45, 2.75) is 6.42 Å². The minimum absolute atomic E-state index is 0.679. The molecule has 0 radical (unpaired) electrons. The van der Waals surface area contributed by atoms with Gasteiger partial charge in [-0.1, -0.05) is 12.1 Å². The third-order valence-electron chi connectivity index (χ3n) is 4.50. The zero-order valence-electron chi connectivity index (χ0n) is 16.3. The first-order valence-corrected chi connectivity index (χ1v) is 10.2. The average Bonchev–Trinajstić information content (AvgIpc) is 2.73. The number of hydrogen-bond donors (Lipinski definition) is 2. The number of hydrogen-bond acceptors (Lipinski definition) is 6. The molecule has 0 aliphatic rings. The lowest BCUT2D eigenvalue weighted by Gasteiger charge is -2.15. The fraction of sp³-hybridized carbons (Fsp3) is 0.143. The fourth-order valence-corrected chi connectivity index (χ4v) is 3.31. The van der Waals surface area contributed by atoms with Crippen molar-refractivity contribution < 1.29 is 27.0 Å². The van der Waals surface area contributed by atoms with E-state index in [1.165, 1.54) is 0 Å². The molecule has 2 aromatic heterocycles. The van der Waals surface area contributed by atoms with Crippen LogP contribution in [-0.4, -0.2) is 41.7 Å². The van der Waals surface area contributed by atoms with E-state index < -0.39 is 10.4 Å². The standard InChI is InChI=1S/C21H18N2O2.H2O4S/c1-24-20-9-7-18-14(5-3-11-22-18)16(20)13-17-15-6-4-12-23-19(15)8-10-21(17)25-2;1-5(2,3)4/h3-12H,13H2,1-2H3;(H2,1,2,3,4). The van der Waals surface area contributed by atoms with E-state index in [1.807, 2.05) is 36.4 Å². The minimum Gasteiger partial charge on any atom is -0.496 e. The Hall–Kier alpha value is -3.27. The second-order valence-corrected chi connectivity index (χ2v) is 7.15.